The molecule has 0 amide bonds. The summed E-state index contributed by atoms with van der Waals surface area (Å²) in [7, 11) is -4.13. The van der Waals surface area contributed by atoms with Crippen molar-refractivity contribution in [3.8, 4) is 17.2 Å². The van der Waals surface area contributed by atoms with Crippen LogP contribution in [0.1, 0.15) is 26.1 Å². The molecule has 1 unspecified atom stereocenters. The number of alkyl halides is 1. The van der Waals surface area contributed by atoms with Crippen LogP contribution in [-0.4, -0.2) is 70.2 Å². The second kappa shape index (κ2) is 12.2. The van der Waals surface area contributed by atoms with Crippen LogP contribution in [0.4, 0.5) is 10.2 Å². The highest BCUT2D eigenvalue weighted by Crippen LogP contribution is 2.55. The minimum absolute atomic E-state index is 0.0178. The van der Waals surface area contributed by atoms with Crippen molar-refractivity contribution in [2.45, 2.75) is 49.8 Å². The van der Waals surface area contributed by atoms with Crippen molar-refractivity contribution in [3.05, 3.63) is 40.9 Å². The fourth-order valence-electron chi connectivity index (χ4n) is 4.02. The summed E-state index contributed by atoms with van der Waals surface area (Å²) in [5.41, 5.74) is 4.74. The number of nitrogens with two attached hydrogens (primary N) is 1. The number of aliphatic hydroxyl groups is 1. The normalized spacial score (nSPS) is 24.7. The van der Waals surface area contributed by atoms with Crippen LogP contribution in [0.15, 0.2) is 35.3 Å². The Morgan fingerprint density at radius 3 is 2.77 bits per heavy atom. The molecule has 3 heterocycles. The Morgan fingerprint density at radius 2 is 2.05 bits per heavy atom. The SMILES string of the molecule is CC(C)OC(=O)[C@H](C)CP(=O)(OC[C@H]1S[C@@H](n2ccc(N)nc2=O)[C@@H](F)[C@@H]1O)Oc1cccc2c1OCCO2. The standard InChI is InChI=1S/C24H31FN3O9PS/c1-13(2)36-23(30)14(3)12-38(32,37-16-6-4-5-15-21(16)34-10-9-33-15)35-11-17-20(29)19(25)22(39-17)28-8-7-18(26)27-24(28)31/h4-8,13-14,17,19-20,22,29H,9-12H2,1-3H3,(H2,26,27,31)/t14-,17-,19+,20-,22-,38?/m1/s1. The summed E-state index contributed by atoms with van der Waals surface area (Å²) < 4.78 is 58.1. The second-order valence-corrected chi connectivity index (χ2v) is 12.8. The number of para-hydroxylation sites is 1. The second-order valence-electron chi connectivity index (χ2n) is 9.39. The lowest BCUT2D eigenvalue weighted by atomic mass is 10.1. The molecular weight excluding hydrogens is 556 g/mol. The molecule has 6 atom stereocenters. The predicted octanol–water partition coefficient (Wildman–Crippen LogP) is 2.79. The molecule has 4 rings (SSSR count). The van der Waals surface area contributed by atoms with Crippen LogP contribution in [0.2, 0.25) is 0 Å². The van der Waals surface area contributed by atoms with E-state index in [1.54, 1.807) is 26.0 Å². The Kier molecular flexibility index (Phi) is 9.10. The zero-order valence-electron chi connectivity index (χ0n) is 21.6. The molecular formula is C24H31FN3O9PS. The van der Waals surface area contributed by atoms with E-state index < -0.39 is 54.7 Å². The number of hydrogen-bond acceptors (Lipinski definition) is 12. The van der Waals surface area contributed by atoms with Crippen molar-refractivity contribution < 1.29 is 42.1 Å². The zero-order chi connectivity index (χ0) is 28.3. The topological polar surface area (TPSA) is 161 Å². The van der Waals surface area contributed by atoms with Crippen molar-refractivity contribution >= 4 is 31.1 Å². The minimum atomic E-state index is -4.13. The number of aromatic nitrogens is 2. The van der Waals surface area contributed by atoms with Crippen molar-refractivity contribution in [2.24, 2.45) is 5.92 Å². The number of ether oxygens (including phenoxy) is 3. The number of thioether (sulfide) groups is 1. The molecule has 1 aromatic carbocycles. The van der Waals surface area contributed by atoms with Gasteiger partial charge < -0.3 is 29.6 Å². The average molecular weight is 588 g/mol. The molecule has 0 saturated carbocycles. The van der Waals surface area contributed by atoms with Crippen LogP contribution >= 0.6 is 19.4 Å². The van der Waals surface area contributed by atoms with E-state index in [0.717, 1.165) is 16.3 Å². The van der Waals surface area contributed by atoms with Gasteiger partial charge in [0.2, 0.25) is 5.75 Å². The number of carbonyl (C=O) groups excluding carboxylic acids is 1. The molecule has 1 fully saturated rings. The zero-order valence-corrected chi connectivity index (χ0v) is 23.3. The molecule has 0 spiro atoms. The van der Waals surface area contributed by atoms with Crippen LogP contribution in [0.3, 0.4) is 0 Å². The van der Waals surface area contributed by atoms with Crippen LogP contribution < -0.4 is 25.4 Å². The van der Waals surface area contributed by atoms with E-state index >= 15 is 4.39 Å². The van der Waals surface area contributed by atoms with Crippen LogP contribution in [-0.2, 0) is 18.6 Å². The van der Waals surface area contributed by atoms with E-state index in [1.807, 2.05) is 0 Å². The Labute approximate surface area is 228 Å². The molecule has 1 saturated heterocycles. The number of nitrogens with zero attached hydrogens (tertiary/aromatic N) is 2. The average Bonchev–Trinajstić information content (AvgIpc) is 3.16. The van der Waals surface area contributed by atoms with E-state index in [4.69, 9.17) is 29.0 Å². The highest BCUT2D eigenvalue weighted by Gasteiger charge is 2.46. The number of nitrogen functional groups attached to an aromatic ring is 1. The molecule has 2 aromatic rings. The van der Waals surface area contributed by atoms with Gasteiger partial charge in [-0.15, -0.1) is 11.8 Å². The maximum Gasteiger partial charge on any atom is 0.380 e. The maximum atomic E-state index is 15.1. The molecule has 2 aliphatic rings. The summed E-state index contributed by atoms with van der Waals surface area (Å²) in [6, 6.07) is 6.15. The van der Waals surface area contributed by atoms with E-state index in [-0.39, 0.29) is 36.2 Å². The predicted molar refractivity (Wildman–Crippen MR) is 141 cm³/mol. The van der Waals surface area contributed by atoms with Crippen LogP contribution in [0.25, 0.3) is 0 Å². The van der Waals surface area contributed by atoms with Crippen molar-refractivity contribution in [1.29, 1.82) is 0 Å². The number of anilines is 1. The Morgan fingerprint density at radius 1 is 1.31 bits per heavy atom. The molecule has 1 aromatic heterocycles. The van der Waals surface area contributed by atoms with E-state index in [2.05, 4.69) is 4.98 Å². The first-order valence-corrected chi connectivity index (χ1v) is 15.0. The number of hydrogen-bond donors (Lipinski definition) is 2. The van der Waals surface area contributed by atoms with Crippen molar-refractivity contribution in [1.82, 2.24) is 9.55 Å². The third-order valence-electron chi connectivity index (χ3n) is 5.87. The Bertz CT molecular complexity index is 1300. The first-order chi connectivity index (χ1) is 18.5. The lowest BCUT2D eigenvalue weighted by molar-refractivity contribution is -0.151. The lowest BCUT2D eigenvalue weighted by Crippen LogP contribution is -2.33. The largest absolute Gasteiger partial charge is 0.486 e. The molecule has 0 radical (unpaired) electrons. The smallest absolute Gasteiger partial charge is 0.380 e. The minimum Gasteiger partial charge on any atom is -0.486 e. The highest BCUT2D eigenvalue weighted by atomic mass is 32.2. The molecule has 12 nitrogen and oxygen atoms in total. The van der Waals surface area contributed by atoms with Crippen LogP contribution in [0.5, 0.6) is 17.2 Å². The van der Waals surface area contributed by atoms with Gasteiger partial charge in [0.25, 0.3) is 0 Å². The van der Waals surface area contributed by atoms with Gasteiger partial charge in [0, 0.05) is 6.20 Å². The van der Waals surface area contributed by atoms with Gasteiger partial charge in [0.05, 0.1) is 30.0 Å². The van der Waals surface area contributed by atoms with Gasteiger partial charge in [0.1, 0.15) is 30.5 Å². The Balaban J connectivity index is 1.54. The molecule has 0 bridgehead atoms. The molecule has 2 aliphatic heterocycles. The van der Waals surface area contributed by atoms with Crippen molar-refractivity contribution in [2.75, 3.05) is 31.7 Å². The van der Waals surface area contributed by atoms with Gasteiger partial charge in [-0.3, -0.25) is 13.9 Å². The number of esters is 1. The third-order valence-corrected chi connectivity index (χ3v) is 9.42. The number of rotatable bonds is 10. The summed E-state index contributed by atoms with van der Waals surface area (Å²) in [5, 5.41) is 8.54. The van der Waals surface area contributed by atoms with Gasteiger partial charge in [0.15, 0.2) is 17.7 Å². The number of aliphatic hydroxyl groups excluding tert-OH is 1. The number of fused-ring (bicyclic) bond motifs is 1. The fourth-order valence-corrected chi connectivity index (χ4v) is 7.42. The quantitative estimate of drug-likeness (QED) is 0.309. The monoisotopic (exact) mass is 587 g/mol. The van der Waals surface area contributed by atoms with Gasteiger partial charge in [-0.05, 0) is 32.0 Å². The lowest BCUT2D eigenvalue weighted by Gasteiger charge is -2.26. The van der Waals surface area contributed by atoms with Gasteiger partial charge in [-0.2, -0.15) is 4.98 Å². The molecule has 15 heteroatoms. The maximum absolute atomic E-state index is 15.1. The van der Waals surface area contributed by atoms with Crippen LogP contribution in [0, 0.1) is 5.92 Å². The Hall–Kier alpha value is -2.80. The van der Waals surface area contributed by atoms with E-state index in [1.165, 1.54) is 25.3 Å². The first-order valence-electron chi connectivity index (χ1n) is 12.3. The van der Waals surface area contributed by atoms with Gasteiger partial charge in [-0.1, -0.05) is 13.0 Å². The first kappa shape index (κ1) is 29.2. The van der Waals surface area contributed by atoms with Gasteiger partial charge >= 0.3 is 19.3 Å². The summed E-state index contributed by atoms with van der Waals surface area (Å²) in [6.45, 7) is 5.08. The molecule has 3 N–H and O–H groups in total. The molecule has 39 heavy (non-hydrogen) atoms. The van der Waals surface area contributed by atoms with Crippen molar-refractivity contribution in [3.63, 3.8) is 0 Å². The third kappa shape index (κ3) is 6.86. The summed E-state index contributed by atoms with van der Waals surface area (Å²) in [4.78, 5) is 28.3. The fraction of sp³-hybridized carbons (Fsp3) is 0.542. The summed E-state index contributed by atoms with van der Waals surface area (Å²) in [5.74, 6) is -0.779. The summed E-state index contributed by atoms with van der Waals surface area (Å²) in [6.07, 6.45) is -2.86. The number of benzene rings is 1. The van der Waals surface area contributed by atoms with Gasteiger partial charge in [-0.25, -0.2) is 13.8 Å². The molecule has 214 valence electrons. The summed E-state index contributed by atoms with van der Waals surface area (Å²) >= 11 is 0.923. The molecule has 0 aliphatic carbocycles. The number of halogens is 1. The van der Waals surface area contributed by atoms with E-state index in [0.29, 0.717) is 12.4 Å². The highest BCUT2D eigenvalue weighted by molar-refractivity contribution is 8.00. The van der Waals surface area contributed by atoms with E-state index in [9.17, 15) is 19.3 Å². The number of carbonyl (C=O) groups is 1.